The molecule has 100 valence electrons. The fourth-order valence-corrected chi connectivity index (χ4v) is 2.81. The average Bonchev–Trinajstić information content (AvgIpc) is 2.42. The van der Waals surface area contributed by atoms with Crippen LogP contribution < -0.4 is 0 Å². The Morgan fingerprint density at radius 3 is 2.42 bits per heavy atom. The molecule has 0 unspecified atom stereocenters. The molecule has 0 amide bonds. The summed E-state index contributed by atoms with van der Waals surface area (Å²) in [5.74, 6) is 0.349. The molecule has 19 heavy (non-hydrogen) atoms. The van der Waals surface area contributed by atoms with E-state index in [1.165, 1.54) is 5.57 Å². The summed E-state index contributed by atoms with van der Waals surface area (Å²) in [5.41, 5.74) is 3.12. The molecule has 0 N–H and O–H groups in total. The zero-order valence-electron chi connectivity index (χ0n) is 11.6. The van der Waals surface area contributed by atoms with Gasteiger partial charge < -0.3 is 0 Å². The smallest absolute Gasteiger partial charge is 0.177 e. The Hall–Kier alpha value is -1.34. The van der Waals surface area contributed by atoms with Gasteiger partial charge in [0, 0.05) is 11.5 Å². The van der Waals surface area contributed by atoms with Crippen LogP contribution in [0.1, 0.15) is 32.8 Å². The van der Waals surface area contributed by atoms with E-state index in [1.807, 2.05) is 37.3 Å². The van der Waals surface area contributed by atoms with Crippen molar-refractivity contribution in [1.29, 1.82) is 0 Å². The normalized spacial score (nSPS) is 31.4. The van der Waals surface area contributed by atoms with Crippen molar-refractivity contribution in [2.45, 2.75) is 27.2 Å². The maximum absolute atomic E-state index is 12.4. The van der Waals surface area contributed by atoms with Crippen LogP contribution in [-0.4, -0.2) is 5.78 Å². The highest BCUT2D eigenvalue weighted by atomic mass is 35.5. The van der Waals surface area contributed by atoms with Gasteiger partial charge in [-0.2, -0.15) is 0 Å². The second kappa shape index (κ2) is 5.75. The summed E-state index contributed by atoms with van der Waals surface area (Å²) in [6, 6.07) is 9.87. The molecule has 1 aromatic rings. The molecule has 0 fully saturated rings. The lowest BCUT2D eigenvalue weighted by molar-refractivity contribution is -0.119. The molecular weight excluding hydrogens is 256 g/mol. The predicted octanol–water partition coefficient (Wildman–Crippen LogP) is 4.83. The molecular formula is C17H19ClO. The summed E-state index contributed by atoms with van der Waals surface area (Å²) < 4.78 is 0. The Balaban J connectivity index is 2.56. The summed E-state index contributed by atoms with van der Waals surface area (Å²) in [6.45, 7) is 6.18. The highest BCUT2D eigenvalue weighted by molar-refractivity contribution is 6.46. The number of carbonyl (C=O) groups is 1. The van der Waals surface area contributed by atoms with Crippen molar-refractivity contribution < 1.29 is 4.79 Å². The van der Waals surface area contributed by atoms with Crippen molar-refractivity contribution >= 4 is 23.0 Å². The van der Waals surface area contributed by atoms with Gasteiger partial charge in [-0.3, -0.25) is 4.79 Å². The molecule has 0 saturated carbocycles. The maximum atomic E-state index is 12.4. The van der Waals surface area contributed by atoms with E-state index in [4.69, 9.17) is 11.6 Å². The largest absolute Gasteiger partial charge is 0.293 e. The monoisotopic (exact) mass is 274 g/mol. The third-order valence-corrected chi connectivity index (χ3v) is 4.23. The molecule has 0 heterocycles. The molecule has 0 bridgehead atoms. The first-order valence-corrected chi connectivity index (χ1v) is 7.05. The lowest BCUT2D eigenvalue weighted by atomic mass is 9.83. The molecule has 0 spiro atoms. The van der Waals surface area contributed by atoms with Gasteiger partial charge in [-0.1, -0.05) is 67.4 Å². The van der Waals surface area contributed by atoms with Crippen LogP contribution in [0.5, 0.6) is 0 Å². The Morgan fingerprint density at radius 1 is 1.16 bits per heavy atom. The van der Waals surface area contributed by atoms with Gasteiger partial charge in [-0.15, -0.1) is 0 Å². The summed E-state index contributed by atoms with van der Waals surface area (Å²) in [5, 5.41) is 0.365. The lowest BCUT2D eigenvalue weighted by Crippen LogP contribution is -2.21. The van der Waals surface area contributed by atoms with Crippen LogP contribution in [0.15, 0.2) is 47.0 Å². The zero-order chi connectivity index (χ0) is 14.0. The van der Waals surface area contributed by atoms with Crippen LogP contribution in [0.2, 0.25) is 0 Å². The fourth-order valence-electron chi connectivity index (χ4n) is 2.47. The molecule has 0 aromatic heterocycles. The first kappa shape index (κ1) is 14.1. The van der Waals surface area contributed by atoms with Crippen LogP contribution in [0, 0.1) is 11.8 Å². The van der Waals surface area contributed by atoms with Crippen LogP contribution >= 0.6 is 11.6 Å². The van der Waals surface area contributed by atoms with E-state index in [2.05, 4.69) is 19.9 Å². The number of Topliss-reactive ketones (excluding diaryl/α,β-unsaturated/α-hetero) is 1. The summed E-state index contributed by atoms with van der Waals surface area (Å²) in [4.78, 5) is 12.4. The molecule has 2 rings (SSSR count). The predicted molar refractivity (Wildman–Crippen MR) is 80.9 cm³/mol. The van der Waals surface area contributed by atoms with Crippen molar-refractivity contribution in [2.24, 2.45) is 11.8 Å². The van der Waals surface area contributed by atoms with E-state index in [1.54, 1.807) is 0 Å². The zero-order valence-corrected chi connectivity index (χ0v) is 12.4. The van der Waals surface area contributed by atoms with Gasteiger partial charge in [0.2, 0.25) is 0 Å². The number of hydrogen-bond donors (Lipinski definition) is 0. The number of halogens is 1. The van der Waals surface area contributed by atoms with E-state index < -0.39 is 0 Å². The number of rotatable bonds is 1. The van der Waals surface area contributed by atoms with Gasteiger partial charge in [0.25, 0.3) is 0 Å². The second-order valence-corrected chi connectivity index (χ2v) is 5.80. The molecule has 2 atom stereocenters. The van der Waals surface area contributed by atoms with E-state index in [0.29, 0.717) is 11.0 Å². The molecule has 1 aliphatic rings. The highest BCUT2D eigenvalue weighted by Gasteiger charge is 2.26. The number of benzene rings is 1. The summed E-state index contributed by atoms with van der Waals surface area (Å²) >= 11 is 6.36. The number of allylic oxidation sites excluding steroid dienone is 4. The minimum Gasteiger partial charge on any atom is -0.293 e. The van der Waals surface area contributed by atoms with Crippen molar-refractivity contribution in [3.63, 3.8) is 0 Å². The highest BCUT2D eigenvalue weighted by Crippen LogP contribution is 2.33. The SMILES string of the molecule is C/C1=C/C(c2ccccc2)=C(/Cl)C(=O)[C@@H](C)[C@@H](C)C1. The van der Waals surface area contributed by atoms with Crippen molar-refractivity contribution in [2.75, 3.05) is 0 Å². The molecule has 0 aliphatic heterocycles. The number of ketones is 1. The fraction of sp³-hybridized carbons (Fsp3) is 0.353. The third-order valence-electron chi connectivity index (χ3n) is 3.84. The Morgan fingerprint density at radius 2 is 1.79 bits per heavy atom. The van der Waals surface area contributed by atoms with Crippen LogP contribution in [0.25, 0.3) is 5.57 Å². The van der Waals surface area contributed by atoms with Crippen molar-refractivity contribution in [1.82, 2.24) is 0 Å². The summed E-state index contributed by atoms with van der Waals surface area (Å²) in [7, 11) is 0. The molecule has 1 nitrogen and oxygen atoms in total. The number of hydrogen-bond acceptors (Lipinski definition) is 1. The average molecular weight is 275 g/mol. The molecule has 1 aromatic carbocycles. The van der Waals surface area contributed by atoms with Gasteiger partial charge in [0.1, 0.15) is 0 Å². The van der Waals surface area contributed by atoms with Crippen molar-refractivity contribution in [3.05, 3.63) is 52.6 Å². The number of carbonyl (C=O) groups excluding carboxylic acids is 1. The standard InChI is InChI=1S/C17H19ClO/c1-11-9-12(2)13(3)17(19)16(18)15(10-11)14-7-5-4-6-8-14/h4-8,10,12-13H,9H2,1-3H3/b11-10-,16-15-/t12-,13-/m0/s1. The second-order valence-electron chi connectivity index (χ2n) is 5.42. The Bertz CT molecular complexity index is 540. The lowest BCUT2D eigenvalue weighted by Gasteiger charge is -2.23. The molecule has 0 saturated heterocycles. The van der Waals surface area contributed by atoms with E-state index >= 15 is 0 Å². The quantitative estimate of drug-likeness (QED) is 0.717. The Labute approximate surface area is 120 Å². The van der Waals surface area contributed by atoms with Gasteiger partial charge in [0.05, 0.1) is 5.03 Å². The van der Waals surface area contributed by atoms with Crippen LogP contribution in [0.4, 0.5) is 0 Å². The van der Waals surface area contributed by atoms with Crippen molar-refractivity contribution in [3.8, 4) is 0 Å². The summed E-state index contributed by atoms with van der Waals surface area (Å²) in [6.07, 6.45) is 2.99. The first-order valence-electron chi connectivity index (χ1n) is 6.67. The molecule has 1 aliphatic carbocycles. The Kier molecular flexibility index (Phi) is 4.26. The van der Waals surface area contributed by atoms with E-state index in [9.17, 15) is 4.79 Å². The minimum absolute atomic E-state index is 0.0325. The van der Waals surface area contributed by atoms with Gasteiger partial charge in [0.15, 0.2) is 5.78 Å². The minimum atomic E-state index is -0.0325. The van der Waals surface area contributed by atoms with Gasteiger partial charge >= 0.3 is 0 Å². The maximum Gasteiger partial charge on any atom is 0.177 e. The van der Waals surface area contributed by atoms with Gasteiger partial charge in [-0.05, 0) is 24.8 Å². The van der Waals surface area contributed by atoms with Crippen LogP contribution in [-0.2, 0) is 4.79 Å². The third kappa shape index (κ3) is 2.98. The van der Waals surface area contributed by atoms with E-state index in [-0.39, 0.29) is 11.7 Å². The first-order chi connectivity index (χ1) is 9.00. The van der Waals surface area contributed by atoms with Gasteiger partial charge in [-0.25, -0.2) is 0 Å². The topological polar surface area (TPSA) is 17.1 Å². The van der Waals surface area contributed by atoms with E-state index in [0.717, 1.165) is 17.6 Å². The van der Waals surface area contributed by atoms with Crippen LogP contribution in [0.3, 0.4) is 0 Å². The molecule has 0 radical (unpaired) electrons. The molecule has 2 heteroatoms.